The number of hydrogen-bond acceptors (Lipinski definition) is 3. The predicted octanol–water partition coefficient (Wildman–Crippen LogP) is 2.38. The molecule has 24 heavy (non-hydrogen) atoms. The minimum Gasteiger partial charge on any atom is -0.342 e. The van der Waals surface area contributed by atoms with Crippen LogP contribution in [-0.4, -0.2) is 38.9 Å². The molecule has 3 rings (SSSR count). The first-order valence-electron chi connectivity index (χ1n) is 8.49. The van der Waals surface area contributed by atoms with Crippen molar-refractivity contribution in [2.45, 2.75) is 43.9 Å². The molecular weight excluding hydrogens is 324 g/mol. The van der Waals surface area contributed by atoms with Gasteiger partial charge < -0.3 is 4.90 Å². The summed E-state index contributed by atoms with van der Waals surface area (Å²) in [6.45, 7) is 3.52. The van der Waals surface area contributed by atoms with Crippen LogP contribution < -0.4 is 4.72 Å². The van der Waals surface area contributed by atoms with Gasteiger partial charge in [-0.15, -0.1) is 0 Å². The van der Waals surface area contributed by atoms with Gasteiger partial charge in [-0.05, 0) is 50.3 Å². The highest BCUT2D eigenvalue weighted by Crippen LogP contribution is 2.36. The van der Waals surface area contributed by atoms with E-state index in [4.69, 9.17) is 0 Å². The number of hydrogen-bond donors (Lipinski definition) is 1. The first-order chi connectivity index (χ1) is 11.5. The number of likely N-dealkylation sites (tertiary alicyclic amines) is 1. The van der Waals surface area contributed by atoms with Gasteiger partial charge in [-0.25, -0.2) is 13.1 Å². The molecule has 6 heteroatoms. The summed E-state index contributed by atoms with van der Waals surface area (Å²) in [5.41, 5.74) is 4.02. The molecule has 1 aromatic rings. The number of benzene rings is 1. The van der Waals surface area contributed by atoms with E-state index in [1.54, 1.807) is 29.3 Å². The Morgan fingerprint density at radius 3 is 2.42 bits per heavy atom. The molecule has 2 fully saturated rings. The van der Waals surface area contributed by atoms with E-state index in [1.165, 1.54) is 12.8 Å². The molecule has 1 amide bonds. The van der Waals surface area contributed by atoms with Crippen LogP contribution in [0, 0.1) is 6.92 Å². The molecule has 5 nitrogen and oxygen atoms in total. The third-order valence-corrected chi connectivity index (χ3v) is 6.11. The number of aryl methyl sites for hydroxylation is 1. The van der Waals surface area contributed by atoms with Crippen LogP contribution in [0.15, 0.2) is 40.3 Å². The van der Waals surface area contributed by atoms with Crippen molar-refractivity contribution in [2.75, 3.05) is 19.6 Å². The monoisotopic (exact) mass is 348 g/mol. The van der Waals surface area contributed by atoms with E-state index in [2.05, 4.69) is 4.72 Å². The standard InChI is InChI=1S/C18H24N2O3S/c1-14-3-2-4-17(13-14)24(22,23)19-10-7-18(21)20-11-8-16(9-12-20)15-5-6-15/h2-4,13,19H,5-12H2,1H3. The zero-order chi connectivity index (χ0) is 17.2. The van der Waals surface area contributed by atoms with Crippen molar-refractivity contribution in [1.29, 1.82) is 0 Å². The number of allylic oxidation sites excluding steroid dienone is 1. The summed E-state index contributed by atoms with van der Waals surface area (Å²) in [6.07, 6.45) is 4.65. The Kier molecular flexibility index (Phi) is 5.06. The molecule has 1 aliphatic carbocycles. The largest absolute Gasteiger partial charge is 0.342 e. The van der Waals surface area contributed by atoms with Crippen LogP contribution in [0.2, 0.25) is 0 Å². The highest BCUT2D eigenvalue weighted by atomic mass is 32.2. The maximum absolute atomic E-state index is 12.2. The fourth-order valence-corrected chi connectivity index (χ4v) is 4.25. The Hall–Kier alpha value is -1.66. The number of sulfonamides is 1. The normalized spacial score (nSPS) is 18.0. The summed E-state index contributed by atoms with van der Waals surface area (Å²) in [6, 6.07) is 6.76. The molecule has 0 aromatic heterocycles. The van der Waals surface area contributed by atoms with Gasteiger partial charge in [0.05, 0.1) is 4.90 Å². The SMILES string of the molecule is Cc1cccc(S(=O)(=O)NCCC(=O)N2CCC(=C3CC3)CC2)c1. The minimum atomic E-state index is -3.55. The van der Waals surface area contributed by atoms with Crippen LogP contribution in [0.4, 0.5) is 0 Å². The maximum atomic E-state index is 12.2. The van der Waals surface area contributed by atoms with Gasteiger partial charge in [-0.3, -0.25) is 4.79 Å². The lowest BCUT2D eigenvalue weighted by Gasteiger charge is -2.28. The predicted molar refractivity (Wildman–Crippen MR) is 93.1 cm³/mol. The molecule has 1 N–H and O–H groups in total. The van der Waals surface area contributed by atoms with E-state index in [0.717, 1.165) is 31.5 Å². The quantitative estimate of drug-likeness (QED) is 0.831. The second-order valence-corrected chi connectivity index (χ2v) is 8.32. The van der Waals surface area contributed by atoms with E-state index in [-0.39, 0.29) is 23.8 Å². The average Bonchev–Trinajstić information content (AvgIpc) is 3.40. The number of carbonyl (C=O) groups excluding carboxylic acids is 1. The van der Waals surface area contributed by atoms with Gasteiger partial charge >= 0.3 is 0 Å². The van der Waals surface area contributed by atoms with Crippen molar-refractivity contribution in [2.24, 2.45) is 0 Å². The van der Waals surface area contributed by atoms with Crippen LogP contribution in [0.25, 0.3) is 0 Å². The van der Waals surface area contributed by atoms with E-state index in [0.29, 0.717) is 0 Å². The number of rotatable bonds is 5. The molecule has 1 saturated carbocycles. The zero-order valence-electron chi connectivity index (χ0n) is 14.0. The molecule has 1 heterocycles. The van der Waals surface area contributed by atoms with E-state index in [1.807, 2.05) is 17.9 Å². The Balaban J connectivity index is 1.47. The minimum absolute atomic E-state index is 0.0294. The van der Waals surface area contributed by atoms with E-state index in [9.17, 15) is 13.2 Å². The molecule has 0 bridgehead atoms. The summed E-state index contributed by atoms with van der Waals surface area (Å²) in [4.78, 5) is 14.3. The van der Waals surface area contributed by atoms with Gasteiger partial charge in [-0.1, -0.05) is 23.3 Å². The number of nitrogens with one attached hydrogen (secondary N) is 1. The Bertz CT molecular complexity index is 752. The maximum Gasteiger partial charge on any atom is 0.240 e. The van der Waals surface area contributed by atoms with Crippen molar-refractivity contribution < 1.29 is 13.2 Å². The summed E-state index contributed by atoms with van der Waals surface area (Å²) in [7, 11) is -3.55. The lowest BCUT2D eigenvalue weighted by atomic mass is 10.0. The molecular formula is C18H24N2O3S. The summed E-state index contributed by atoms with van der Waals surface area (Å²) >= 11 is 0. The number of carbonyl (C=O) groups is 1. The van der Waals surface area contributed by atoms with Crippen LogP contribution in [-0.2, 0) is 14.8 Å². The van der Waals surface area contributed by atoms with Gasteiger partial charge in [-0.2, -0.15) is 0 Å². The zero-order valence-corrected chi connectivity index (χ0v) is 14.9. The fraction of sp³-hybridized carbons (Fsp3) is 0.500. The van der Waals surface area contributed by atoms with Gasteiger partial charge in [0.2, 0.25) is 15.9 Å². The summed E-state index contributed by atoms with van der Waals surface area (Å²) < 4.78 is 27.0. The summed E-state index contributed by atoms with van der Waals surface area (Å²) in [5, 5.41) is 0. The topological polar surface area (TPSA) is 66.5 Å². The molecule has 0 radical (unpaired) electrons. The smallest absolute Gasteiger partial charge is 0.240 e. The molecule has 0 unspecified atom stereocenters. The Labute approximate surface area is 143 Å². The molecule has 1 aliphatic heterocycles. The molecule has 0 atom stereocenters. The van der Waals surface area contributed by atoms with Crippen LogP contribution >= 0.6 is 0 Å². The fourth-order valence-electron chi connectivity index (χ4n) is 3.11. The molecule has 0 spiro atoms. The van der Waals surface area contributed by atoms with Crippen molar-refractivity contribution in [1.82, 2.24) is 9.62 Å². The lowest BCUT2D eigenvalue weighted by Crippen LogP contribution is -2.38. The van der Waals surface area contributed by atoms with Gasteiger partial charge in [0.15, 0.2) is 0 Å². The van der Waals surface area contributed by atoms with Crippen molar-refractivity contribution in [3.63, 3.8) is 0 Å². The van der Waals surface area contributed by atoms with Gasteiger partial charge in [0.1, 0.15) is 0 Å². The second kappa shape index (κ2) is 7.07. The highest BCUT2D eigenvalue weighted by molar-refractivity contribution is 7.89. The number of piperidine rings is 1. The van der Waals surface area contributed by atoms with Gasteiger partial charge in [0, 0.05) is 26.1 Å². The van der Waals surface area contributed by atoms with E-state index >= 15 is 0 Å². The van der Waals surface area contributed by atoms with Crippen LogP contribution in [0.5, 0.6) is 0 Å². The van der Waals surface area contributed by atoms with Crippen molar-refractivity contribution >= 4 is 15.9 Å². The first kappa shape index (κ1) is 17.2. The number of nitrogens with zero attached hydrogens (tertiary/aromatic N) is 1. The molecule has 1 aromatic carbocycles. The second-order valence-electron chi connectivity index (χ2n) is 6.55. The van der Waals surface area contributed by atoms with Crippen molar-refractivity contribution in [3.05, 3.63) is 41.0 Å². The Morgan fingerprint density at radius 1 is 1.12 bits per heavy atom. The van der Waals surface area contributed by atoms with Crippen LogP contribution in [0.3, 0.4) is 0 Å². The van der Waals surface area contributed by atoms with E-state index < -0.39 is 10.0 Å². The highest BCUT2D eigenvalue weighted by Gasteiger charge is 2.24. The number of amides is 1. The summed E-state index contributed by atoms with van der Waals surface area (Å²) in [5.74, 6) is 0.0294. The third-order valence-electron chi connectivity index (χ3n) is 4.65. The van der Waals surface area contributed by atoms with Gasteiger partial charge in [0.25, 0.3) is 0 Å². The molecule has 130 valence electrons. The Morgan fingerprint density at radius 2 is 1.79 bits per heavy atom. The molecule has 2 aliphatic rings. The van der Waals surface area contributed by atoms with Crippen molar-refractivity contribution in [3.8, 4) is 0 Å². The average molecular weight is 348 g/mol. The first-order valence-corrected chi connectivity index (χ1v) is 9.98. The lowest BCUT2D eigenvalue weighted by molar-refractivity contribution is -0.131. The van der Waals surface area contributed by atoms with Crippen LogP contribution in [0.1, 0.15) is 37.7 Å². The third kappa shape index (κ3) is 4.24. The molecule has 1 saturated heterocycles.